The summed E-state index contributed by atoms with van der Waals surface area (Å²) in [4.78, 5) is 11.6. The molecule has 0 radical (unpaired) electrons. The minimum atomic E-state index is -0.432. The summed E-state index contributed by atoms with van der Waals surface area (Å²) in [6, 6.07) is 3.20. The number of rotatable bonds is 3. The van der Waals surface area contributed by atoms with Crippen LogP contribution in [0.1, 0.15) is 34.8 Å². The SMILES string of the molecule is CC/C=C/C(=O)c1c(C)cc(C)cc1F. The van der Waals surface area contributed by atoms with E-state index in [-0.39, 0.29) is 11.3 Å². The zero-order valence-electron chi connectivity index (χ0n) is 9.30. The van der Waals surface area contributed by atoms with Gasteiger partial charge in [0.05, 0.1) is 5.56 Å². The number of hydrogen-bond acceptors (Lipinski definition) is 1. The number of hydrogen-bond donors (Lipinski definition) is 0. The maximum atomic E-state index is 13.5. The van der Waals surface area contributed by atoms with E-state index >= 15 is 0 Å². The van der Waals surface area contributed by atoms with Gasteiger partial charge in [0.25, 0.3) is 0 Å². The molecule has 1 nitrogen and oxygen atoms in total. The summed E-state index contributed by atoms with van der Waals surface area (Å²) < 4.78 is 13.5. The number of allylic oxidation sites excluding steroid dienone is 2. The standard InChI is InChI=1S/C13H15FO/c1-4-5-6-12(15)13-10(3)7-9(2)8-11(13)14/h5-8H,4H2,1-3H3/b6-5+. The van der Waals surface area contributed by atoms with Crippen molar-refractivity contribution in [2.45, 2.75) is 27.2 Å². The average Bonchev–Trinajstić information content (AvgIpc) is 2.12. The van der Waals surface area contributed by atoms with Crippen LogP contribution in [0.25, 0.3) is 0 Å². The molecule has 15 heavy (non-hydrogen) atoms. The zero-order valence-corrected chi connectivity index (χ0v) is 9.30. The first kappa shape index (κ1) is 11.6. The van der Waals surface area contributed by atoms with Gasteiger partial charge in [0.2, 0.25) is 0 Å². The van der Waals surface area contributed by atoms with E-state index in [0.717, 1.165) is 12.0 Å². The maximum Gasteiger partial charge on any atom is 0.188 e. The van der Waals surface area contributed by atoms with E-state index < -0.39 is 5.82 Å². The van der Waals surface area contributed by atoms with Crippen LogP contribution in [0.2, 0.25) is 0 Å². The molecule has 0 aromatic heterocycles. The molecule has 1 rings (SSSR count). The molecule has 0 fully saturated rings. The van der Waals surface area contributed by atoms with Crippen LogP contribution < -0.4 is 0 Å². The number of halogens is 1. The lowest BCUT2D eigenvalue weighted by atomic mass is 10.0. The second-order valence-corrected chi connectivity index (χ2v) is 3.61. The fraction of sp³-hybridized carbons (Fsp3) is 0.308. The Labute approximate surface area is 89.6 Å². The Hall–Kier alpha value is -1.44. The summed E-state index contributed by atoms with van der Waals surface area (Å²) in [6.45, 7) is 5.50. The topological polar surface area (TPSA) is 17.1 Å². The largest absolute Gasteiger partial charge is 0.289 e. The van der Waals surface area contributed by atoms with Crippen LogP contribution in [0.5, 0.6) is 0 Å². The van der Waals surface area contributed by atoms with Crippen molar-refractivity contribution in [3.8, 4) is 0 Å². The van der Waals surface area contributed by atoms with Crippen molar-refractivity contribution in [1.29, 1.82) is 0 Å². The van der Waals surface area contributed by atoms with Crippen LogP contribution in [0, 0.1) is 19.7 Å². The Morgan fingerprint density at radius 3 is 2.60 bits per heavy atom. The summed E-state index contributed by atoms with van der Waals surface area (Å²) >= 11 is 0. The van der Waals surface area contributed by atoms with E-state index in [4.69, 9.17) is 0 Å². The van der Waals surface area contributed by atoms with Gasteiger partial charge in [-0.05, 0) is 43.5 Å². The molecule has 0 N–H and O–H groups in total. The molecule has 0 unspecified atom stereocenters. The number of aryl methyl sites for hydroxylation is 2. The van der Waals surface area contributed by atoms with Gasteiger partial charge in [-0.1, -0.05) is 19.1 Å². The molecule has 0 spiro atoms. The van der Waals surface area contributed by atoms with Gasteiger partial charge < -0.3 is 0 Å². The maximum absolute atomic E-state index is 13.5. The van der Waals surface area contributed by atoms with Crippen LogP contribution in [-0.2, 0) is 0 Å². The van der Waals surface area contributed by atoms with Gasteiger partial charge in [-0.2, -0.15) is 0 Å². The van der Waals surface area contributed by atoms with Crippen molar-refractivity contribution in [2.75, 3.05) is 0 Å². The lowest BCUT2D eigenvalue weighted by Gasteiger charge is -2.05. The van der Waals surface area contributed by atoms with Crippen molar-refractivity contribution in [2.24, 2.45) is 0 Å². The number of ketones is 1. The third kappa shape index (κ3) is 2.75. The smallest absolute Gasteiger partial charge is 0.188 e. The zero-order chi connectivity index (χ0) is 11.4. The lowest BCUT2D eigenvalue weighted by Crippen LogP contribution is -2.02. The van der Waals surface area contributed by atoms with Gasteiger partial charge >= 0.3 is 0 Å². The van der Waals surface area contributed by atoms with E-state index in [9.17, 15) is 9.18 Å². The van der Waals surface area contributed by atoms with E-state index in [1.807, 2.05) is 19.9 Å². The summed E-state index contributed by atoms with van der Waals surface area (Å²) in [5.41, 5.74) is 1.71. The molecule has 0 aliphatic heterocycles. The van der Waals surface area contributed by atoms with E-state index in [2.05, 4.69) is 0 Å². The quantitative estimate of drug-likeness (QED) is 0.545. The molecule has 2 heteroatoms. The minimum Gasteiger partial charge on any atom is -0.289 e. The van der Waals surface area contributed by atoms with Crippen molar-refractivity contribution in [3.05, 3.63) is 46.8 Å². The number of carbonyl (C=O) groups is 1. The molecule has 80 valence electrons. The molecule has 0 atom stereocenters. The van der Waals surface area contributed by atoms with Gasteiger partial charge in [0.15, 0.2) is 5.78 Å². The lowest BCUT2D eigenvalue weighted by molar-refractivity contribution is 0.104. The average molecular weight is 206 g/mol. The fourth-order valence-corrected chi connectivity index (χ4v) is 1.54. The normalized spacial score (nSPS) is 10.9. The third-order valence-corrected chi connectivity index (χ3v) is 2.18. The van der Waals surface area contributed by atoms with Crippen molar-refractivity contribution in [3.63, 3.8) is 0 Å². The predicted molar refractivity (Wildman–Crippen MR) is 59.6 cm³/mol. The minimum absolute atomic E-state index is 0.185. The first-order valence-electron chi connectivity index (χ1n) is 5.04. The van der Waals surface area contributed by atoms with Gasteiger partial charge in [0, 0.05) is 0 Å². The molecule has 1 aromatic rings. The molecule has 0 amide bonds. The predicted octanol–water partition coefficient (Wildman–Crippen LogP) is 3.59. The highest BCUT2D eigenvalue weighted by Crippen LogP contribution is 2.16. The Morgan fingerprint density at radius 2 is 2.07 bits per heavy atom. The summed E-state index contributed by atoms with van der Waals surface area (Å²) in [7, 11) is 0. The third-order valence-electron chi connectivity index (χ3n) is 2.18. The molecule has 1 aromatic carbocycles. The molecular formula is C13H15FO. The van der Waals surface area contributed by atoms with Gasteiger partial charge in [0.1, 0.15) is 5.82 Å². The molecular weight excluding hydrogens is 191 g/mol. The molecule has 0 aliphatic rings. The van der Waals surface area contributed by atoms with Crippen molar-refractivity contribution < 1.29 is 9.18 Å². The van der Waals surface area contributed by atoms with Crippen LogP contribution in [0.4, 0.5) is 4.39 Å². The van der Waals surface area contributed by atoms with Crippen molar-refractivity contribution in [1.82, 2.24) is 0 Å². The molecule has 0 aliphatic carbocycles. The Morgan fingerprint density at radius 1 is 1.40 bits per heavy atom. The Balaban J connectivity index is 3.14. The van der Waals surface area contributed by atoms with E-state index in [1.54, 1.807) is 13.0 Å². The second-order valence-electron chi connectivity index (χ2n) is 3.61. The molecule has 0 bridgehead atoms. The van der Waals surface area contributed by atoms with Gasteiger partial charge in [-0.25, -0.2) is 4.39 Å². The van der Waals surface area contributed by atoms with Crippen LogP contribution in [-0.4, -0.2) is 5.78 Å². The monoisotopic (exact) mass is 206 g/mol. The van der Waals surface area contributed by atoms with Crippen LogP contribution in [0.3, 0.4) is 0 Å². The molecule has 0 heterocycles. The Kier molecular flexibility index (Phi) is 3.78. The molecule has 0 saturated heterocycles. The van der Waals surface area contributed by atoms with E-state index in [1.165, 1.54) is 12.1 Å². The van der Waals surface area contributed by atoms with Crippen LogP contribution >= 0.6 is 0 Å². The number of carbonyl (C=O) groups excluding carboxylic acids is 1. The van der Waals surface area contributed by atoms with Gasteiger partial charge in [-0.15, -0.1) is 0 Å². The summed E-state index contributed by atoms with van der Waals surface area (Å²) in [5.74, 6) is -0.690. The fourth-order valence-electron chi connectivity index (χ4n) is 1.54. The second kappa shape index (κ2) is 4.87. The van der Waals surface area contributed by atoms with Crippen LogP contribution in [0.15, 0.2) is 24.3 Å². The first-order valence-corrected chi connectivity index (χ1v) is 5.04. The Bertz CT molecular complexity index is 382. The van der Waals surface area contributed by atoms with E-state index in [0.29, 0.717) is 5.56 Å². The highest BCUT2D eigenvalue weighted by atomic mass is 19.1. The van der Waals surface area contributed by atoms with Gasteiger partial charge in [-0.3, -0.25) is 4.79 Å². The highest BCUT2D eigenvalue weighted by molar-refractivity contribution is 6.05. The number of benzene rings is 1. The summed E-state index contributed by atoms with van der Waals surface area (Å²) in [5, 5.41) is 0. The highest BCUT2D eigenvalue weighted by Gasteiger charge is 2.12. The summed E-state index contributed by atoms with van der Waals surface area (Å²) in [6.07, 6.45) is 3.94. The molecule has 0 saturated carbocycles. The first-order chi connectivity index (χ1) is 7.06. The van der Waals surface area contributed by atoms with Crippen molar-refractivity contribution >= 4 is 5.78 Å².